The molecule has 4 heteroatoms. The lowest BCUT2D eigenvalue weighted by molar-refractivity contribution is 0.244. The van der Waals surface area contributed by atoms with Crippen LogP contribution < -0.4 is 15.8 Å². The Balaban J connectivity index is 2.77. The number of nitrogens with one attached hydrogen (secondary N) is 1. The fraction of sp³-hybridized carbons (Fsp3) is 0.571. The Hall–Kier alpha value is -1.42. The van der Waals surface area contributed by atoms with Gasteiger partial charge in [-0.15, -0.1) is 0 Å². The number of nitrogens with zero attached hydrogens (tertiary/aromatic N) is 1. The molecule has 0 saturated heterocycles. The second kappa shape index (κ2) is 6.50. The van der Waals surface area contributed by atoms with Crippen molar-refractivity contribution in [3.8, 4) is 5.75 Å². The smallest absolute Gasteiger partial charge is 0.144 e. The lowest BCUT2D eigenvalue weighted by Gasteiger charge is -2.21. The molecule has 18 heavy (non-hydrogen) atoms. The van der Waals surface area contributed by atoms with Crippen LogP contribution in [0.25, 0.3) is 0 Å². The summed E-state index contributed by atoms with van der Waals surface area (Å²) < 4.78 is 5.67. The number of hydrogen-bond donors (Lipinski definition) is 2. The maximum atomic E-state index is 6.11. The fourth-order valence-corrected chi connectivity index (χ4v) is 1.89. The lowest BCUT2D eigenvalue weighted by Crippen LogP contribution is -2.29. The number of ether oxygens (including phenoxy) is 1. The summed E-state index contributed by atoms with van der Waals surface area (Å²) in [5.41, 5.74) is 7.72. The van der Waals surface area contributed by atoms with Gasteiger partial charge in [-0.05, 0) is 47.0 Å². The molecule has 4 nitrogen and oxygen atoms in total. The predicted octanol–water partition coefficient (Wildman–Crippen LogP) is 2.42. The van der Waals surface area contributed by atoms with Crippen molar-refractivity contribution in [2.24, 2.45) is 0 Å². The molecule has 0 fully saturated rings. The SMILES string of the molecule is CC(CN(C)C)Nc1cccc(OC(C)C)c1N. The van der Waals surface area contributed by atoms with E-state index in [0.29, 0.717) is 11.7 Å². The first-order valence-corrected chi connectivity index (χ1v) is 6.36. The van der Waals surface area contributed by atoms with Gasteiger partial charge in [0.1, 0.15) is 5.75 Å². The molecular formula is C14H25N3O. The Bertz CT molecular complexity index is 377. The Morgan fingerprint density at radius 3 is 2.50 bits per heavy atom. The summed E-state index contributed by atoms with van der Waals surface area (Å²) in [5.74, 6) is 0.743. The first-order valence-electron chi connectivity index (χ1n) is 6.36. The molecule has 102 valence electrons. The van der Waals surface area contributed by atoms with Gasteiger partial charge in [-0.2, -0.15) is 0 Å². The molecule has 0 radical (unpaired) electrons. The summed E-state index contributed by atoms with van der Waals surface area (Å²) in [6, 6.07) is 6.17. The zero-order chi connectivity index (χ0) is 13.7. The second-order valence-corrected chi connectivity index (χ2v) is 5.19. The van der Waals surface area contributed by atoms with Gasteiger partial charge in [0.25, 0.3) is 0 Å². The van der Waals surface area contributed by atoms with E-state index in [2.05, 4.69) is 31.2 Å². The number of benzene rings is 1. The maximum absolute atomic E-state index is 6.11. The van der Waals surface area contributed by atoms with Crippen molar-refractivity contribution in [2.45, 2.75) is 32.9 Å². The van der Waals surface area contributed by atoms with Crippen molar-refractivity contribution in [3.63, 3.8) is 0 Å². The molecule has 0 aliphatic rings. The Kier molecular flexibility index (Phi) is 5.28. The second-order valence-electron chi connectivity index (χ2n) is 5.19. The molecule has 1 unspecified atom stereocenters. The number of anilines is 2. The van der Waals surface area contributed by atoms with Gasteiger partial charge in [-0.3, -0.25) is 0 Å². The molecule has 1 aromatic rings. The third-order valence-corrected chi connectivity index (χ3v) is 2.47. The van der Waals surface area contributed by atoms with Gasteiger partial charge in [0.2, 0.25) is 0 Å². The average Bonchev–Trinajstić information content (AvgIpc) is 2.22. The van der Waals surface area contributed by atoms with Crippen LogP contribution in [0.3, 0.4) is 0 Å². The number of nitrogens with two attached hydrogens (primary N) is 1. The van der Waals surface area contributed by atoms with Gasteiger partial charge in [-0.1, -0.05) is 6.07 Å². The fourth-order valence-electron chi connectivity index (χ4n) is 1.89. The summed E-state index contributed by atoms with van der Waals surface area (Å²) in [5, 5.41) is 3.41. The molecule has 0 heterocycles. The van der Waals surface area contributed by atoms with Crippen LogP contribution in [0.1, 0.15) is 20.8 Å². The maximum Gasteiger partial charge on any atom is 0.144 e. The number of hydrogen-bond acceptors (Lipinski definition) is 4. The van der Waals surface area contributed by atoms with Crippen LogP contribution >= 0.6 is 0 Å². The van der Waals surface area contributed by atoms with Crippen molar-refractivity contribution in [1.82, 2.24) is 4.90 Å². The largest absolute Gasteiger partial charge is 0.489 e. The molecule has 0 spiro atoms. The van der Waals surface area contributed by atoms with Crippen LogP contribution in [0, 0.1) is 0 Å². The van der Waals surface area contributed by atoms with Crippen LogP contribution in [-0.2, 0) is 0 Å². The van der Waals surface area contributed by atoms with Crippen molar-refractivity contribution >= 4 is 11.4 Å². The highest BCUT2D eigenvalue weighted by Crippen LogP contribution is 2.30. The molecule has 1 atom stereocenters. The molecule has 0 amide bonds. The topological polar surface area (TPSA) is 50.5 Å². The van der Waals surface area contributed by atoms with Gasteiger partial charge >= 0.3 is 0 Å². The third kappa shape index (κ3) is 4.45. The molecule has 1 aromatic carbocycles. The van der Waals surface area contributed by atoms with Gasteiger partial charge in [0.05, 0.1) is 17.5 Å². The van der Waals surface area contributed by atoms with Crippen LogP contribution in [0.15, 0.2) is 18.2 Å². The van der Waals surface area contributed by atoms with E-state index in [1.54, 1.807) is 0 Å². The zero-order valence-electron chi connectivity index (χ0n) is 12.0. The monoisotopic (exact) mass is 251 g/mol. The lowest BCUT2D eigenvalue weighted by atomic mass is 10.2. The first kappa shape index (κ1) is 14.6. The highest BCUT2D eigenvalue weighted by molar-refractivity contribution is 5.73. The van der Waals surface area contributed by atoms with Gasteiger partial charge in [-0.25, -0.2) is 0 Å². The minimum Gasteiger partial charge on any atom is -0.489 e. The standard InChI is InChI=1S/C14H25N3O/c1-10(2)18-13-8-6-7-12(14(13)15)16-11(3)9-17(4)5/h6-8,10-11,16H,9,15H2,1-5H3. The van der Waals surface area contributed by atoms with E-state index < -0.39 is 0 Å². The number of likely N-dealkylation sites (N-methyl/N-ethyl adjacent to an activating group) is 1. The van der Waals surface area contributed by atoms with E-state index in [0.717, 1.165) is 18.0 Å². The Labute approximate surface area is 110 Å². The highest BCUT2D eigenvalue weighted by atomic mass is 16.5. The zero-order valence-corrected chi connectivity index (χ0v) is 12.0. The predicted molar refractivity (Wildman–Crippen MR) is 78.3 cm³/mol. The number of nitrogen functional groups attached to an aromatic ring is 1. The van der Waals surface area contributed by atoms with E-state index in [9.17, 15) is 0 Å². The van der Waals surface area contributed by atoms with E-state index in [1.165, 1.54) is 0 Å². The van der Waals surface area contributed by atoms with Crippen LogP contribution in [-0.4, -0.2) is 37.7 Å². The molecule has 0 aromatic heterocycles. The molecule has 0 aliphatic heterocycles. The minimum atomic E-state index is 0.127. The minimum absolute atomic E-state index is 0.127. The highest BCUT2D eigenvalue weighted by Gasteiger charge is 2.10. The average molecular weight is 251 g/mol. The molecule has 0 aliphatic carbocycles. The normalized spacial score (nSPS) is 12.8. The third-order valence-electron chi connectivity index (χ3n) is 2.47. The van der Waals surface area contributed by atoms with E-state index in [1.807, 2.05) is 32.0 Å². The van der Waals surface area contributed by atoms with Crippen molar-refractivity contribution < 1.29 is 4.74 Å². The molecule has 3 N–H and O–H groups in total. The van der Waals surface area contributed by atoms with Crippen LogP contribution in [0.5, 0.6) is 5.75 Å². The number of para-hydroxylation sites is 1. The van der Waals surface area contributed by atoms with Crippen LogP contribution in [0.2, 0.25) is 0 Å². The van der Waals surface area contributed by atoms with Crippen molar-refractivity contribution in [1.29, 1.82) is 0 Å². The van der Waals surface area contributed by atoms with E-state index in [4.69, 9.17) is 10.5 Å². The van der Waals surface area contributed by atoms with Crippen molar-refractivity contribution in [3.05, 3.63) is 18.2 Å². The molecule has 1 rings (SSSR count). The summed E-state index contributed by atoms with van der Waals surface area (Å²) in [7, 11) is 4.11. The summed E-state index contributed by atoms with van der Waals surface area (Å²) in [6.45, 7) is 7.08. The quantitative estimate of drug-likeness (QED) is 0.762. The van der Waals surface area contributed by atoms with E-state index >= 15 is 0 Å². The molecule has 0 saturated carbocycles. The van der Waals surface area contributed by atoms with E-state index in [-0.39, 0.29) is 6.10 Å². The molecule has 0 bridgehead atoms. The Morgan fingerprint density at radius 2 is 1.94 bits per heavy atom. The van der Waals surface area contributed by atoms with Gasteiger partial charge in [0, 0.05) is 12.6 Å². The van der Waals surface area contributed by atoms with Gasteiger partial charge < -0.3 is 20.7 Å². The van der Waals surface area contributed by atoms with Gasteiger partial charge in [0.15, 0.2) is 0 Å². The Morgan fingerprint density at radius 1 is 1.28 bits per heavy atom. The summed E-state index contributed by atoms with van der Waals surface area (Å²) >= 11 is 0. The first-order chi connectivity index (χ1) is 8.40. The van der Waals surface area contributed by atoms with Crippen molar-refractivity contribution in [2.75, 3.05) is 31.7 Å². The molecular weight excluding hydrogens is 226 g/mol. The van der Waals surface area contributed by atoms with Crippen LogP contribution in [0.4, 0.5) is 11.4 Å². The number of rotatable bonds is 6. The summed E-state index contributed by atoms with van der Waals surface area (Å²) in [6.07, 6.45) is 0.127. The summed E-state index contributed by atoms with van der Waals surface area (Å²) in [4.78, 5) is 2.14.